The van der Waals surface area contributed by atoms with Gasteiger partial charge in [0.15, 0.2) is 0 Å². The number of sulfonamides is 1. The van der Waals surface area contributed by atoms with Crippen molar-refractivity contribution in [1.29, 1.82) is 0 Å². The van der Waals surface area contributed by atoms with Crippen molar-refractivity contribution in [2.75, 3.05) is 19.3 Å². The van der Waals surface area contributed by atoms with E-state index in [1.54, 1.807) is 15.6 Å². The standard InChI is InChI=1S/C12H20N2O2S2/c1-10(11-5-7-17-9-11)13-8-12-4-3-6-14(12)18(2,15)16/h5,7,9-10,12-13H,3-4,6,8H2,1-2H3/t10-,12-/m1/s1. The maximum absolute atomic E-state index is 11.6. The van der Waals surface area contributed by atoms with Crippen LogP contribution < -0.4 is 5.32 Å². The number of hydrogen-bond acceptors (Lipinski definition) is 4. The van der Waals surface area contributed by atoms with Gasteiger partial charge in [-0.2, -0.15) is 15.6 Å². The SMILES string of the molecule is C[C@@H](NC[C@H]1CCCN1S(C)(=O)=O)c1ccsc1. The topological polar surface area (TPSA) is 49.4 Å². The minimum atomic E-state index is -3.06. The highest BCUT2D eigenvalue weighted by molar-refractivity contribution is 7.88. The third-order valence-corrected chi connectivity index (χ3v) is 5.49. The maximum atomic E-state index is 11.6. The summed E-state index contributed by atoms with van der Waals surface area (Å²) in [6.45, 7) is 3.50. The molecule has 0 amide bonds. The molecule has 0 aromatic carbocycles. The summed E-state index contributed by atoms with van der Waals surface area (Å²) in [6.07, 6.45) is 3.22. The number of nitrogens with zero attached hydrogens (tertiary/aromatic N) is 1. The summed E-state index contributed by atoms with van der Waals surface area (Å²) >= 11 is 1.68. The minimum Gasteiger partial charge on any atom is -0.309 e. The van der Waals surface area contributed by atoms with Gasteiger partial charge in [0.1, 0.15) is 0 Å². The highest BCUT2D eigenvalue weighted by Gasteiger charge is 2.31. The van der Waals surface area contributed by atoms with E-state index in [0.717, 1.165) is 19.4 Å². The van der Waals surface area contributed by atoms with Gasteiger partial charge in [0, 0.05) is 25.2 Å². The van der Waals surface area contributed by atoms with Crippen molar-refractivity contribution < 1.29 is 8.42 Å². The van der Waals surface area contributed by atoms with E-state index in [0.29, 0.717) is 6.54 Å². The lowest BCUT2D eigenvalue weighted by Gasteiger charge is -2.24. The average molecular weight is 288 g/mol. The zero-order valence-electron chi connectivity index (χ0n) is 10.8. The highest BCUT2D eigenvalue weighted by atomic mass is 32.2. The third kappa shape index (κ3) is 3.32. The van der Waals surface area contributed by atoms with E-state index in [-0.39, 0.29) is 12.1 Å². The fourth-order valence-corrected chi connectivity index (χ4v) is 4.34. The average Bonchev–Trinajstić information content (AvgIpc) is 2.95. The number of nitrogens with one attached hydrogen (secondary N) is 1. The first-order valence-corrected chi connectivity index (χ1v) is 9.00. The predicted octanol–water partition coefficient (Wildman–Crippen LogP) is 1.82. The van der Waals surface area contributed by atoms with Gasteiger partial charge >= 0.3 is 0 Å². The van der Waals surface area contributed by atoms with Crippen molar-refractivity contribution in [2.24, 2.45) is 0 Å². The van der Waals surface area contributed by atoms with E-state index in [2.05, 4.69) is 29.1 Å². The molecular formula is C12H20N2O2S2. The van der Waals surface area contributed by atoms with Crippen LogP contribution in [0.25, 0.3) is 0 Å². The van der Waals surface area contributed by atoms with Crippen molar-refractivity contribution in [3.8, 4) is 0 Å². The molecule has 4 nitrogen and oxygen atoms in total. The Kier molecular flexibility index (Phi) is 4.42. The van der Waals surface area contributed by atoms with E-state index >= 15 is 0 Å². The normalized spacial score (nSPS) is 23.3. The van der Waals surface area contributed by atoms with Crippen LogP contribution in [0, 0.1) is 0 Å². The molecule has 1 aromatic rings. The van der Waals surface area contributed by atoms with Gasteiger partial charge in [0.05, 0.1) is 6.26 Å². The Balaban J connectivity index is 1.90. The van der Waals surface area contributed by atoms with Gasteiger partial charge in [-0.3, -0.25) is 0 Å². The van der Waals surface area contributed by atoms with Crippen LogP contribution in [-0.2, 0) is 10.0 Å². The molecule has 0 bridgehead atoms. The first-order chi connectivity index (χ1) is 8.48. The largest absolute Gasteiger partial charge is 0.309 e. The van der Waals surface area contributed by atoms with Crippen LogP contribution >= 0.6 is 11.3 Å². The van der Waals surface area contributed by atoms with Crippen LogP contribution in [0.2, 0.25) is 0 Å². The van der Waals surface area contributed by atoms with Gasteiger partial charge in [-0.15, -0.1) is 0 Å². The third-order valence-electron chi connectivity index (χ3n) is 3.45. The quantitative estimate of drug-likeness (QED) is 0.899. The fourth-order valence-electron chi connectivity index (χ4n) is 2.40. The first kappa shape index (κ1) is 14.0. The van der Waals surface area contributed by atoms with Crippen molar-refractivity contribution in [2.45, 2.75) is 31.8 Å². The maximum Gasteiger partial charge on any atom is 0.211 e. The lowest BCUT2D eigenvalue weighted by Crippen LogP contribution is -2.41. The molecule has 2 rings (SSSR count). The van der Waals surface area contributed by atoms with Crippen LogP contribution in [0.15, 0.2) is 16.8 Å². The van der Waals surface area contributed by atoms with Crippen molar-refractivity contribution in [3.63, 3.8) is 0 Å². The van der Waals surface area contributed by atoms with E-state index in [4.69, 9.17) is 0 Å². The van der Waals surface area contributed by atoms with Gasteiger partial charge in [0.25, 0.3) is 0 Å². The molecule has 2 atom stereocenters. The molecule has 1 aromatic heterocycles. The fraction of sp³-hybridized carbons (Fsp3) is 0.667. The van der Waals surface area contributed by atoms with Crippen LogP contribution in [0.3, 0.4) is 0 Å². The number of rotatable bonds is 5. The molecule has 102 valence electrons. The molecule has 2 heterocycles. The van der Waals surface area contributed by atoms with Crippen molar-refractivity contribution >= 4 is 21.4 Å². The summed E-state index contributed by atoms with van der Waals surface area (Å²) in [7, 11) is -3.06. The second-order valence-corrected chi connectivity index (χ2v) is 7.57. The molecule has 1 N–H and O–H groups in total. The van der Waals surface area contributed by atoms with Crippen molar-refractivity contribution in [3.05, 3.63) is 22.4 Å². The molecule has 1 fully saturated rings. The lowest BCUT2D eigenvalue weighted by molar-refractivity contribution is 0.363. The van der Waals surface area contributed by atoms with Crippen LogP contribution in [-0.4, -0.2) is 38.1 Å². The Morgan fingerprint density at radius 1 is 1.61 bits per heavy atom. The number of thiophene rings is 1. The van der Waals surface area contributed by atoms with Gasteiger partial charge in [-0.05, 0) is 42.2 Å². The summed E-state index contributed by atoms with van der Waals surface area (Å²) in [6, 6.07) is 2.49. The second kappa shape index (κ2) is 5.69. The monoisotopic (exact) mass is 288 g/mol. The van der Waals surface area contributed by atoms with Gasteiger partial charge < -0.3 is 5.32 Å². The Morgan fingerprint density at radius 2 is 2.39 bits per heavy atom. The summed E-state index contributed by atoms with van der Waals surface area (Å²) in [5.41, 5.74) is 1.27. The van der Waals surface area contributed by atoms with E-state index in [9.17, 15) is 8.42 Å². The van der Waals surface area contributed by atoms with Crippen LogP contribution in [0.4, 0.5) is 0 Å². The molecule has 1 aliphatic heterocycles. The zero-order chi connectivity index (χ0) is 13.2. The molecule has 1 aliphatic rings. The van der Waals surface area contributed by atoms with E-state index in [1.165, 1.54) is 11.8 Å². The lowest BCUT2D eigenvalue weighted by atomic mass is 10.1. The van der Waals surface area contributed by atoms with Gasteiger partial charge in [-0.1, -0.05) is 0 Å². The first-order valence-electron chi connectivity index (χ1n) is 6.21. The van der Waals surface area contributed by atoms with Crippen LogP contribution in [0.1, 0.15) is 31.4 Å². The molecule has 6 heteroatoms. The number of hydrogen-bond donors (Lipinski definition) is 1. The Hall–Kier alpha value is -0.430. The molecule has 0 saturated carbocycles. The summed E-state index contributed by atoms with van der Waals surface area (Å²) < 4.78 is 24.9. The van der Waals surface area contributed by atoms with E-state index in [1.807, 2.05) is 0 Å². The second-order valence-electron chi connectivity index (χ2n) is 4.86. The van der Waals surface area contributed by atoms with Gasteiger partial charge in [0.2, 0.25) is 10.0 Å². The molecule has 18 heavy (non-hydrogen) atoms. The predicted molar refractivity (Wildman–Crippen MR) is 75.3 cm³/mol. The molecule has 0 radical (unpaired) electrons. The Morgan fingerprint density at radius 3 is 3.00 bits per heavy atom. The van der Waals surface area contributed by atoms with Crippen LogP contribution in [0.5, 0.6) is 0 Å². The Bertz CT molecular complexity index is 470. The summed E-state index contributed by atoms with van der Waals surface area (Å²) in [4.78, 5) is 0. The zero-order valence-corrected chi connectivity index (χ0v) is 12.4. The van der Waals surface area contributed by atoms with Crippen molar-refractivity contribution in [1.82, 2.24) is 9.62 Å². The molecule has 0 spiro atoms. The highest BCUT2D eigenvalue weighted by Crippen LogP contribution is 2.21. The summed E-state index contributed by atoms with van der Waals surface area (Å²) in [5.74, 6) is 0. The van der Waals surface area contributed by atoms with E-state index < -0.39 is 10.0 Å². The summed E-state index contributed by atoms with van der Waals surface area (Å²) in [5, 5.41) is 7.62. The Labute approximate surface area is 113 Å². The molecule has 0 unspecified atom stereocenters. The minimum absolute atomic E-state index is 0.112. The smallest absolute Gasteiger partial charge is 0.211 e. The molecule has 0 aliphatic carbocycles. The molecule has 1 saturated heterocycles. The van der Waals surface area contributed by atoms with Gasteiger partial charge in [-0.25, -0.2) is 8.42 Å². The molecular weight excluding hydrogens is 268 g/mol.